The van der Waals surface area contributed by atoms with Gasteiger partial charge in [-0.25, -0.2) is 0 Å². The van der Waals surface area contributed by atoms with Crippen molar-refractivity contribution in [2.75, 3.05) is 25.2 Å². The molecule has 1 saturated heterocycles. The molecular weight excluding hydrogens is 638 g/mol. The van der Waals surface area contributed by atoms with Gasteiger partial charge in [-0.3, -0.25) is 19.3 Å². The van der Waals surface area contributed by atoms with Crippen LogP contribution in [-0.4, -0.2) is 43.2 Å². The first-order valence-electron chi connectivity index (χ1n) is 15.2. The van der Waals surface area contributed by atoms with Gasteiger partial charge in [-0.1, -0.05) is 60.1 Å². The number of nitrogens with two attached hydrogens (primary N) is 1. The SMILES string of the molecule is CCOc1cc(CCNC(=O)CC2SC(c3ccc(OCc4ccccc4)cc3)N(c3ccc(Cl)c(C(N)=O)c3)C2=O)ccc1OC. The summed E-state index contributed by atoms with van der Waals surface area (Å²) in [6.45, 7) is 3.22. The summed E-state index contributed by atoms with van der Waals surface area (Å²) in [6.07, 6.45) is 0.563. The van der Waals surface area contributed by atoms with E-state index in [9.17, 15) is 14.4 Å². The van der Waals surface area contributed by atoms with Crippen molar-refractivity contribution < 1.29 is 28.6 Å². The van der Waals surface area contributed by atoms with E-state index < -0.39 is 16.5 Å². The highest BCUT2D eigenvalue weighted by Crippen LogP contribution is 2.47. The number of ether oxygens (including phenoxy) is 3. The van der Waals surface area contributed by atoms with E-state index in [4.69, 9.17) is 31.5 Å². The van der Waals surface area contributed by atoms with Crippen molar-refractivity contribution in [3.63, 3.8) is 0 Å². The molecule has 47 heavy (non-hydrogen) atoms. The number of hydrogen-bond donors (Lipinski definition) is 2. The predicted molar refractivity (Wildman–Crippen MR) is 184 cm³/mol. The normalized spacial score (nSPS) is 15.7. The summed E-state index contributed by atoms with van der Waals surface area (Å²) >= 11 is 7.59. The second kappa shape index (κ2) is 15.8. The summed E-state index contributed by atoms with van der Waals surface area (Å²) in [6, 6.07) is 27.8. The number of benzene rings is 4. The van der Waals surface area contributed by atoms with Crippen LogP contribution in [0.1, 0.15) is 45.8 Å². The summed E-state index contributed by atoms with van der Waals surface area (Å²) in [5.41, 5.74) is 8.99. The quantitative estimate of drug-likeness (QED) is 0.161. The molecule has 9 nitrogen and oxygen atoms in total. The van der Waals surface area contributed by atoms with E-state index in [1.54, 1.807) is 24.1 Å². The molecule has 4 aromatic rings. The Morgan fingerprint density at radius 1 is 0.936 bits per heavy atom. The summed E-state index contributed by atoms with van der Waals surface area (Å²) < 4.78 is 17.0. The van der Waals surface area contributed by atoms with Crippen molar-refractivity contribution >= 4 is 46.8 Å². The molecule has 1 heterocycles. The van der Waals surface area contributed by atoms with Crippen LogP contribution in [0.25, 0.3) is 0 Å². The molecule has 0 saturated carbocycles. The number of thioether (sulfide) groups is 1. The molecule has 5 rings (SSSR count). The van der Waals surface area contributed by atoms with Crippen LogP contribution in [-0.2, 0) is 22.6 Å². The molecule has 11 heteroatoms. The predicted octanol–water partition coefficient (Wildman–Crippen LogP) is 6.32. The lowest BCUT2D eigenvalue weighted by Gasteiger charge is -2.25. The van der Waals surface area contributed by atoms with Crippen LogP contribution in [0, 0.1) is 0 Å². The number of carbonyl (C=O) groups is 3. The summed E-state index contributed by atoms with van der Waals surface area (Å²) in [7, 11) is 1.59. The Labute approximate surface area is 283 Å². The van der Waals surface area contributed by atoms with Gasteiger partial charge >= 0.3 is 0 Å². The molecule has 0 radical (unpaired) electrons. The third kappa shape index (κ3) is 8.38. The fourth-order valence-electron chi connectivity index (χ4n) is 5.22. The number of primary amides is 1. The highest BCUT2D eigenvalue weighted by molar-refractivity contribution is 8.01. The van der Waals surface area contributed by atoms with Gasteiger partial charge in [0.05, 0.1) is 29.6 Å². The molecule has 2 unspecified atom stereocenters. The van der Waals surface area contributed by atoms with Crippen molar-refractivity contribution in [2.24, 2.45) is 5.73 Å². The number of nitrogens with zero attached hydrogens (tertiary/aromatic N) is 1. The minimum atomic E-state index is -0.700. The molecule has 0 aromatic heterocycles. The van der Waals surface area contributed by atoms with Crippen molar-refractivity contribution in [3.05, 3.63) is 118 Å². The van der Waals surface area contributed by atoms with Gasteiger partial charge in [-0.2, -0.15) is 0 Å². The number of amides is 3. The maximum absolute atomic E-state index is 13.9. The van der Waals surface area contributed by atoms with Crippen LogP contribution in [0.5, 0.6) is 17.2 Å². The van der Waals surface area contributed by atoms with Gasteiger partial charge in [0.15, 0.2) is 11.5 Å². The number of rotatable bonds is 14. The number of halogens is 1. The molecule has 1 aliphatic heterocycles. The van der Waals surface area contributed by atoms with E-state index in [-0.39, 0.29) is 28.8 Å². The number of anilines is 1. The number of nitrogens with one attached hydrogen (secondary N) is 1. The van der Waals surface area contributed by atoms with Crippen LogP contribution >= 0.6 is 23.4 Å². The fourth-order valence-corrected chi connectivity index (χ4v) is 6.89. The lowest BCUT2D eigenvalue weighted by molar-refractivity contribution is -0.124. The van der Waals surface area contributed by atoms with Crippen LogP contribution < -0.4 is 30.2 Å². The monoisotopic (exact) mass is 673 g/mol. The lowest BCUT2D eigenvalue weighted by atomic mass is 10.1. The van der Waals surface area contributed by atoms with Crippen molar-refractivity contribution in [1.82, 2.24) is 5.32 Å². The second-order valence-electron chi connectivity index (χ2n) is 10.8. The van der Waals surface area contributed by atoms with Crippen LogP contribution in [0.4, 0.5) is 5.69 Å². The summed E-state index contributed by atoms with van der Waals surface area (Å²) in [4.78, 5) is 40.6. The van der Waals surface area contributed by atoms with Crippen LogP contribution in [0.2, 0.25) is 5.02 Å². The zero-order valence-corrected chi connectivity index (χ0v) is 27.7. The van der Waals surface area contributed by atoms with Gasteiger partial charge in [0.25, 0.3) is 0 Å². The topological polar surface area (TPSA) is 120 Å². The first kappa shape index (κ1) is 33.7. The molecule has 1 aliphatic rings. The number of carbonyl (C=O) groups excluding carboxylic acids is 3. The van der Waals surface area contributed by atoms with Gasteiger partial charge < -0.3 is 25.3 Å². The van der Waals surface area contributed by atoms with E-state index in [1.165, 1.54) is 17.8 Å². The van der Waals surface area contributed by atoms with E-state index in [2.05, 4.69) is 5.32 Å². The molecule has 3 N–H and O–H groups in total. The molecule has 0 aliphatic carbocycles. The van der Waals surface area contributed by atoms with Gasteiger partial charge in [-0.15, -0.1) is 11.8 Å². The maximum atomic E-state index is 13.9. The molecule has 0 bridgehead atoms. The van der Waals surface area contributed by atoms with E-state index >= 15 is 0 Å². The van der Waals surface area contributed by atoms with Crippen molar-refractivity contribution in [2.45, 2.75) is 37.0 Å². The van der Waals surface area contributed by atoms with Crippen molar-refractivity contribution in [3.8, 4) is 17.2 Å². The van der Waals surface area contributed by atoms with Crippen LogP contribution in [0.3, 0.4) is 0 Å². The third-order valence-electron chi connectivity index (χ3n) is 7.58. The Balaban J connectivity index is 1.29. The molecule has 1 fully saturated rings. The number of methoxy groups -OCH3 is 1. The van der Waals surface area contributed by atoms with E-state index in [1.807, 2.05) is 79.7 Å². The maximum Gasteiger partial charge on any atom is 0.250 e. The highest BCUT2D eigenvalue weighted by Gasteiger charge is 2.43. The minimum absolute atomic E-state index is 0.0160. The zero-order valence-electron chi connectivity index (χ0n) is 26.1. The first-order valence-corrected chi connectivity index (χ1v) is 16.5. The Morgan fingerprint density at radius 2 is 1.70 bits per heavy atom. The average Bonchev–Trinajstić information content (AvgIpc) is 3.40. The summed E-state index contributed by atoms with van der Waals surface area (Å²) in [5.74, 6) is 0.780. The molecule has 0 spiro atoms. The first-order chi connectivity index (χ1) is 22.8. The standard InChI is InChI=1S/C36H36ClN3O6S/c1-3-45-31-19-23(9-16-30(31)44-2)17-18-39-33(41)21-32-35(43)40(26-12-15-29(37)28(20-26)34(38)42)36(47-32)25-10-13-27(14-11-25)46-22-24-7-5-4-6-8-24/h4-16,19-20,32,36H,3,17-18,21-22H2,1-2H3,(H2,38,42)(H,39,41). The van der Waals surface area contributed by atoms with Gasteiger partial charge in [0.1, 0.15) is 17.7 Å². The van der Waals surface area contributed by atoms with Gasteiger partial charge in [0, 0.05) is 18.7 Å². The molecule has 3 amide bonds. The van der Waals surface area contributed by atoms with Gasteiger partial charge in [-0.05, 0) is 72.5 Å². The molecule has 244 valence electrons. The smallest absolute Gasteiger partial charge is 0.250 e. The van der Waals surface area contributed by atoms with Gasteiger partial charge in [0.2, 0.25) is 17.7 Å². The zero-order chi connectivity index (χ0) is 33.3. The highest BCUT2D eigenvalue weighted by atomic mass is 35.5. The Morgan fingerprint density at radius 3 is 2.40 bits per heavy atom. The third-order valence-corrected chi connectivity index (χ3v) is 9.35. The van der Waals surface area contributed by atoms with Crippen molar-refractivity contribution in [1.29, 1.82) is 0 Å². The average molecular weight is 674 g/mol. The van der Waals surface area contributed by atoms with E-state index in [0.717, 1.165) is 16.7 Å². The Hall–Kier alpha value is -4.67. The van der Waals surface area contributed by atoms with Crippen LogP contribution in [0.15, 0.2) is 91.0 Å². The molecular formula is C36H36ClN3O6S. The Kier molecular flexibility index (Phi) is 11.3. The molecule has 4 aromatic carbocycles. The fraction of sp³-hybridized carbons (Fsp3) is 0.250. The largest absolute Gasteiger partial charge is 0.493 e. The lowest BCUT2D eigenvalue weighted by Crippen LogP contribution is -2.34. The second-order valence-corrected chi connectivity index (χ2v) is 12.5. The number of hydrogen-bond acceptors (Lipinski definition) is 7. The molecule has 2 atom stereocenters. The summed E-state index contributed by atoms with van der Waals surface area (Å²) in [5, 5.41) is 2.01. The Bertz CT molecular complexity index is 1720. The van der Waals surface area contributed by atoms with E-state index in [0.29, 0.717) is 49.1 Å². The minimum Gasteiger partial charge on any atom is -0.493 e.